The van der Waals surface area contributed by atoms with E-state index in [0.717, 1.165) is 16.8 Å². The first-order valence-electron chi connectivity index (χ1n) is 7.58. The number of aromatic amines is 1. The van der Waals surface area contributed by atoms with Crippen molar-refractivity contribution in [3.05, 3.63) is 63.4 Å². The van der Waals surface area contributed by atoms with Gasteiger partial charge in [-0.3, -0.25) is 14.3 Å². The zero-order chi connectivity index (χ0) is 18.7. The Labute approximate surface area is 146 Å². The van der Waals surface area contributed by atoms with E-state index >= 15 is 0 Å². The van der Waals surface area contributed by atoms with Gasteiger partial charge in [0.15, 0.2) is 18.1 Å². The lowest BCUT2D eigenvalue weighted by atomic mass is 10.1. The molecule has 3 unspecified atom stereocenters. The first kappa shape index (κ1) is 18.4. The fraction of sp³-hybridized carbons (Fsp3) is 0.333. The van der Waals surface area contributed by atoms with Crippen LogP contribution in [0.15, 0.2) is 52.2 Å². The summed E-state index contributed by atoms with van der Waals surface area (Å²) < 4.78 is 42.2. The van der Waals surface area contributed by atoms with E-state index in [1.54, 1.807) is 30.3 Å². The Morgan fingerprint density at radius 1 is 1.27 bits per heavy atom. The number of rotatable bonds is 6. The Morgan fingerprint density at radius 2 is 2.00 bits per heavy atom. The maximum atomic E-state index is 14.3. The minimum absolute atomic E-state index is 0.322. The number of ether oxygens (including phenoxy) is 1. The summed E-state index contributed by atoms with van der Waals surface area (Å²) in [6.07, 6.45) is -5.12. The molecule has 5 atom stereocenters. The van der Waals surface area contributed by atoms with E-state index in [2.05, 4.69) is 0 Å². The Morgan fingerprint density at radius 3 is 2.69 bits per heavy atom. The van der Waals surface area contributed by atoms with Crippen molar-refractivity contribution in [2.45, 2.75) is 24.6 Å². The van der Waals surface area contributed by atoms with E-state index in [4.69, 9.17) is 13.8 Å². The van der Waals surface area contributed by atoms with E-state index in [0.29, 0.717) is 5.75 Å². The highest BCUT2D eigenvalue weighted by molar-refractivity contribution is 7.33. The minimum atomic E-state index is -2.56. The summed E-state index contributed by atoms with van der Waals surface area (Å²) in [5.41, 5.74) is -1.52. The lowest BCUT2D eigenvalue weighted by molar-refractivity contribution is -0.0447. The number of H-pyrrole nitrogens is 1. The summed E-state index contributed by atoms with van der Waals surface area (Å²) in [6.45, 7) is -0.418. The molecule has 1 aliphatic heterocycles. The summed E-state index contributed by atoms with van der Waals surface area (Å²) in [6, 6.07) is 9.30. The standard InChI is InChI=1S/C15H14FN2O7P/c16-12-13(20)10(8-23-26(22)25-9-4-2-1-3-5-9)24-14(12)18-7-6-11(19)17-15(18)21/h1-7,10,12-14,20H,8H2/p+1/t10?,12-,13-,14?/m1/s1. The normalized spacial score (nSPS) is 25.8. The molecule has 0 aliphatic carbocycles. The van der Waals surface area contributed by atoms with Gasteiger partial charge < -0.3 is 9.84 Å². The van der Waals surface area contributed by atoms with Crippen LogP contribution in [0.25, 0.3) is 0 Å². The number of benzene rings is 1. The third-order valence-electron chi connectivity index (χ3n) is 3.69. The Bertz CT molecular complexity index is 887. The number of halogens is 1. The van der Waals surface area contributed by atoms with Gasteiger partial charge in [0.2, 0.25) is 0 Å². The van der Waals surface area contributed by atoms with E-state index in [9.17, 15) is 23.7 Å². The molecule has 1 fully saturated rings. The molecule has 3 rings (SSSR count). The van der Waals surface area contributed by atoms with Crippen molar-refractivity contribution >= 4 is 8.25 Å². The highest BCUT2D eigenvalue weighted by atomic mass is 31.1. The Kier molecular flexibility index (Phi) is 5.58. The minimum Gasteiger partial charge on any atom is -0.387 e. The van der Waals surface area contributed by atoms with Crippen molar-refractivity contribution in [2.75, 3.05) is 6.61 Å². The molecule has 2 N–H and O–H groups in total. The van der Waals surface area contributed by atoms with Crippen LogP contribution in [-0.4, -0.2) is 39.6 Å². The van der Waals surface area contributed by atoms with Crippen molar-refractivity contribution in [3.63, 3.8) is 0 Å². The first-order chi connectivity index (χ1) is 12.5. The third kappa shape index (κ3) is 4.05. The quantitative estimate of drug-likeness (QED) is 0.709. The van der Waals surface area contributed by atoms with Crippen molar-refractivity contribution in [2.24, 2.45) is 0 Å². The van der Waals surface area contributed by atoms with Crippen LogP contribution in [0.2, 0.25) is 0 Å². The van der Waals surface area contributed by atoms with Crippen LogP contribution >= 0.6 is 8.25 Å². The molecular weight excluding hydrogens is 370 g/mol. The van der Waals surface area contributed by atoms with Crippen LogP contribution < -0.4 is 15.8 Å². The van der Waals surface area contributed by atoms with Gasteiger partial charge in [-0.05, 0) is 12.1 Å². The second kappa shape index (κ2) is 7.88. The lowest BCUT2D eigenvalue weighted by Gasteiger charge is -2.15. The zero-order valence-electron chi connectivity index (χ0n) is 13.2. The first-order valence-corrected chi connectivity index (χ1v) is 8.67. The van der Waals surface area contributed by atoms with Gasteiger partial charge >= 0.3 is 13.9 Å². The molecule has 138 valence electrons. The molecule has 2 heterocycles. The van der Waals surface area contributed by atoms with Gasteiger partial charge in [0.25, 0.3) is 5.56 Å². The number of aliphatic hydroxyl groups is 1. The van der Waals surface area contributed by atoms with Gasteiger partial charge in [-0.2, -0.15) is 0 Å². The molecule has 9 nitrogen and oxygen atoms in total. The number of nitrogens with one attached hydrogen (secondary N) is 1. The summed E-state index contributed by atoms with van der Waals surface area (Å²) in [4.78, 5) is 24.8. The highest BCUT2D eigenvalue weighted by Crippen LogP contribution is 2.34. The van der Waals surface area contributed by atoms with Crippen LogP contribution in [-0.2, 0) is 13.8 Å². The van der Waals surface area contributed by atoms with Crippen molar-refractivity contribution in [3.8, 4) is 5.75 Å². The van der Waals surface area contributed by atoms with Crippen LogP contribution in [0.1, 0.15) is 6.23 Å². The van der Waals surface area contributed by atoms with E-state index in [-0.39, 0.29) is 0 Å². The van der Waals surface area contributed by atoms with Crippen molar-refractivity contribution in [1.29, 1.82) is 0 Å². The predicted octanol–water partition coefficient (Wildman–Crippen LogP) is 0.886. The molecular formula is C15H15FN2O7P+. The van der Waals surface area contributed by atoms with E-state index in [1.807, 2.05) is 4.98 Å². The Balaban J connectivity index is 1.62. The molecule has 0 amide bonds. The zero-order valence-corrected chi connectivity index (χ0v) is 14.1. The number of aromatic nitrogens is 2. The molecule has 0 radical (unpaired) electrons. The van der Waals surface area contributed by atoms with Gasteiger partial charge in [-0.1, -0.05) is 18.2 Å². The van der Waals surface area contributed by atoms with E-state index < -0.39 is 50.7 Å². The molecule has 1 aliphatic rings. The SMILES string of the molecule is O=c1ccn(C2OC(CO[P+](=O)Oc3ccccc3)[C@@H](O)[C@H]2F)c(=O)[nH]1. The van der Waals surface area contributed by atoms with E-state index in [1.165, 1.54) is 0 Å². The summed E-state index contributed by atoms with van der Waals surface area (Å²) >= 11 is 0. The number of hydrogen-bond donors (Lipinski definition) is 2. The number of para-hydroxylation sites is 1. The molecule has 1 aromatic carbocycles. The summed E-state index contributed by atoms with van der Waals surface area (Å²) in [5, 5.41) is 9.93. The molecule has 0 bridgehead atoms. The molecule has 0 saturated carbocycles. The maximum absolute atomic E-state index is 14.3. The van der Waals surface area contributed by atoms with Crippen molar-refractivity contribution < 1.29 is 27.8 Å². The Hall–Kier alpha value is -2.39. The van der Waals surface area contributed by atoms with Gasteiger partial charge in [-0.25, -0.2) is 13.7 Å². The predicted molar refractivity (Wildman–Crippen MR) is 86.8 cm³/mol. The average Bonchev–Trinajstić information content (AvgIpc) is 2.89. The second-order valence-electron chi connectivity index (χ2n) is 5.44. The fourth-order valence-electron chi connectivity index (χ4n) is 2.42. The largest absolute Gasteiger partial charge is 0.750 e. The molecule has 0 spiro atoms. The smallest absolute Gasteiger partial charge is 0.387 e. The van der Waals surface area contributed by atoms with Gasteiger partial charge in [-0.15, -0.1) is 4.52 Å². The summed E-state index contributed by atoms with van der Waals surface area (Å²) in [5.74, 6) is 0.322. The van der Waals surface area contributed by atoms with Gasteiger partial charge in [0, 0.05) is 16.8 Å². The molecule has 1 saturated heterocycles. The second-order valence-corrected chi connectivity index (χ2v) is 6.33. The van der Waals surface area contributed by atoms with Crippen LogP contribution in [0.4, 0.5) is 4.39 Å². The van der Waals surface area contributed by atoms with Gasteiger partial charge in [0.1, 0.15) is 18.8 Å². The average molecular weight is 385 g/mol. The van der Waals surface area contributed by atoms with Crippen LogP contribution in [0.3, 0.4) is 0 Å². The van der Waals surface area contributed by atoms with Gasteiger partial charge in [0.05, 0.1) is 0 Å². The number of hydrogen-bond acceptors (Lipinski definition) is 7. The molecule has 2 aromatic rings. The lowest BCUT2D eigenvalue weighted by Crippen LogP contribution is -2.35. The third-order valence-corrected chi connectivity index (χ3v) is 4.41. The molecule has 26 heavy (non-hydrogen) atoms. The number of alkyl halides is 1. The van der Waals surface area contributed by atoms with Crippen LogP contribution in [0, 0.1) is 0 Å². The fourth-order valence-corrected chi connectivity index (χ4v) is 3.04. The van der Waals surface area contributed by atoms with Crippen molar-refractivity contribution in [1.82, 2.24) is 9.55 Å². The maximum Gasteiger partial charge on any atom is 0.750 e. The molecule has 11 heteroatoms. The topological polar surface area (TPSA) is 120 Å². The monoisotopic (exact) mass is 385 g/mol. The van der Waals surface area contributed by atoms with Crippen LogP contribution in [0.5, 0.6) is 5.75 Å². The molecule has 1 aromatic heterocycles. The highest BCUT2D eigenvalue weighted by Gasteiger charge is 2.47. The number of aliphatic hydroxyl groups excluding tert-OH is 1. The number of nitrogens with zero attached hydrogens (tertiary/aromatic N) is 1. The summed E-state index contributed by atoms with van der Waals surface area (Å²) in [7, 11) is -2.56.